The van der Waals surface area contributed by atoms with Crippen molar-refractivity contribution in [3.05, 3.63) is 11.4 Å². The van der Waals surface area contributed by atoms with Gasteiger partial charge in [0.15, 0.2) is 5.83 Å². The van der Waals surface area contributed by atoms with Crippen molar-refractivity contribution >= 4 is 11.6 Å². The second-order valence-corrected chi connectivity index (χ2v) is 2.32. The molecule has 0 aromatic heterocycles. The third-order valence-corrected chi connectivity index (χ3v) is 1.34. The number of hydrogen-bond acceptors (Lipinski definition) is 0. The molecule has 0 aromatic carbocycles. The number of rotatable bonds is 2. The van der Waals surface area contributed by atoms with Crippen LogP contribution in [0.1, 0.15) is 0 Å². The highest BCUT2D eigenvalue weighted by Crippen LogP contribution is 2.50. The Morgan fingerprint density at radius 2 is 1.29 bits per heavy atom. The van der Waals surface area contributed by atoms with E-state index in [1.807, 2.05) is 0 Å². The quantitative estimate of drug-likeness (QED) is 0.651. The molecule has 0 saturated carbocycles. The molecule has 0 amide bonds. The number of halogens is 9. The molecule has 0 rings (SSSR count). The van der Waals surface area contributed by atoms with E-state index in [1.165, 1.54) is 0 Å². The standard InChI is InChI=1S/C5HClF8/c6-1-2(7)3(8,9)4(10,11)5(12,13)14/h1H. The Labute approximate surface area is 77.1 Å². The van der Waals surface area contributed by atoms with Crippen molar-refractivity contribution in [2.45, 2.75) is 18.0 Å². The Bertz CT molecular complexity index is 239. The Morgan fingerprint density at radius 1 is 0.929 bits per heavy atom. The van der Waals surface area contributed by atoms with Gasteiger partial charge >= 0.3 is 18.0 Å². The first kappa shape index (κ1) is 13.5. The van der Waals surface area contributed by atoms with Gasteiger partial charge in [0.2, 0.25) is 0 Å². The molecule has 0 unspecified atom stereocenters. The monoisotopic (exact) mass is 248 g/mol. The lowest BCUT2D eigenvalue weighted by molar-refractivity contribution is -0.347. The molecule has 0 aliphatic rings. The van der Waals surface area contributed by atoms with Crippen molar-refractivity contribution in [2.75, 3.05) is 0 Å². The van der Waals surface area contributed by atoms with Crippen LogP contribution in [0, 0.1) is 0 Å². The molecule has 0 nitrogen and oxygen atoms in total. The smallest absolute Gasteiger partial charge is 0.204 e. The van der Waals surface area contributed by atoms with Crippen LogP contribution in [0.2, 0.25) is 0 Å². The molecule has 84 valence electrons. The highest BCUT2D eigenvalue weighted by molar-refractivity contribution is 6.25. The zero-order valence-corrected chi connectivity index (χ0v) is 6.73. The van der Waals surface area contributed by atoms with Gasteiger partial charge in [-0.25, -0.2) is 4.39 Å². The van der Waals surface area contributed by atoms with Crippen molar-refractivity contribution in [1.82, 2.24) is 0 Å². The Morgan fingerprint density at radius 3 is 1.50 bits per heavy atom. The van der Waals surface area contributed by atoms with Crippen LogP contribution in [0.15, 0.2) is 11.4 Å². The number of allylic oxidation sites excluding steroid dienone is 1. The van der Waals surface area contributed by atoms with Gasteiger partial charge in [0.05, 0.1) is 0 Å². The fraction of sp³-hybridized carbons (Fsp3) is 0.600. The number of alkyl halides is 7. The second kappa shape index (κ2) is 3.56. The van der Waals surface area contributed by atoms with Crippen LogP contribution in [-0.4, -0.2) is 18.0 Å². The van der Waals surface area contributed by atoms with E-state index in [4.69, 9.17) is 0 Å². The molecule has 0 bridgehead atoms. The fourth-order valence-electron chi connectivity index (χ4n) is 0.397. The van der Waals surface area contributed by atoms with E-state index in [2.05, 4.69) is 11.6 Å². The summed E-state index contributed by atoms with van der Waals surface area (Å²) in [7, 11) is 0. The van der Waals surface area contributed by atoms with Crippen LogP contribution in [0.25, 0.3) is 0 Å². The second-order valence-electron chi connectivity index (χ2n) is 2.10. The summed E-state index contributed by atoms with van der Waals surface area (Å²) in [6.07, 6.45) is -6.56. The van der Waals surface area contributed by atoms with E-state index in [0.717, 1.165) is 0 Å². The van der Waals surface area contributed by atoms with Crippen LogP contribution < -0.4 is 0 Å². The molecular weight excluding hydrogens is 247 g/mol. The maximum absolute atomic E-state index is 12.1. The zero-order valence-electron chi connectivity index (χ0n) is 5.98. The summed E-state index contributed by atoms with van der Waals surface area (Å²) in [6.45, 7) is 0. The average Bonchev–Trinajstić information content (AvgIpc) is 2.00. The van der Waals surface area contributed by atoms with Crippen LogP contribution in [-0.2, 0) is 0 Å². The molecule has 14 heavy (non-hydrogen) atoms. The molecule has 0 aliphatic carbocycles. The highest BCUT2D eigenvalue weighted by Gasteiger charge is 2.74. The molecule has 0 fully saturated rings. The molecule has 0 heterocycles. The first-order valence-electron chi connectivity index (χ1n) is 2.77. The maximum atomic E-state index is 12.1. The van der Waals surface area contributed by atoms with Gasteiger partial charge in [0, 0.05) is 5.54 Å². The van der Waals surface area contributed by atoms with Crippen LogP contribution in [0.3, 0.4) is 0 Å². The van der Waals surface area contributed by atoms with E-state index in [-0.39, 0.29) is 0 Å². The summed E-state index contributed by atoms with van der Waals surface area (Å²) in [6, 6.07) is 0. The maximum Gasteiger partial charge on any atom is 0.460 e. The van der Waals surface area contributed by atoms with Gasteiger partial charge in [0.25, 0.3) is 0 Å². The summed E-state index contributed by atoms with van der Waals surface area (Å²) < 4.78 is 94.1. The topological polar surface area (TPSA) is 0 Å². The third-order valence-electron chi connectivity index (χ3n) is 1.15. The molecule has 9 heteroatoms. The van der Waals surface area contributed by atoms with E-state index in [1.54, 1.807) is 0 Å². The minimum Gasteiger partial charge on any atom is -0.204 e. The van der Waals surface area contributed by atoms with E-state index >= 15 is 0 Å². The zero-order chi connectivity index (χ0) is 11.8. The average molecular weight is 248 g/mol. The lowest BCUT2D eigenvalue weighted by Crippen LogP contribution is -2.52. The van der Waals surface area contributed by atoms with Crippen LogP contribution in [0.5, 0.6) is 0 Å². The largest absolute Gasteiger partial charge is 0.460 e. The third kappa shape index (κ3) is 1.94. The molecule has 0 atom stereocenters. The van der Waals surface area contributed by atoms with Crippen molar-refractivity contribution in [3.8, 4) is 0 Å². The van der Waals surface area contributed by atoms with Gasteiger partial charge in [-0.15, -0.1) is 0 Å². The summed E-state index contributed by atoms with van der Waals surface area (Å²) >= 11 is 4.27. The molecule has 0 aromatic rings. The molecular formula is C5HClF8. The minimum absolute atomic E-state index is 0.681. The van der Waals surface area contributed by atoms with Gasteiger partial charge in [-0.2, -0.15) is 30.7 Å². The first-order chi connectivity index (χ1) is 5.98. The molecule has 0 spiro atoms. The van der Waals surface area contributed by atoms with Crippen molar-refractivity contribution in [1.29, 1.82) is 0 Å². The normalized spacial score (nSPS) is 15.9. The van der Waals surface area contributed by atoms with Crippen molar-refractivity contribution in [3.63, 3.8) is 0 Å². The van der Waals surface area contributed by atoms with Gasteiger partial charge in [-0.3, -0.25) is 0 Å². The van der Waals surface area contributed by atoms with Crippen LogP contribution >= 0.6 is 11.6 Å². The SMILES string of the molecule is FC(=CCl)C(F)(F)C(F)(F)C(F)(F)F. The van der Waals surface area contributed by atoms with Crippen LogP contribution in [0.4, 0.5) is 35.1 Å². The molecule has 0 radical (unpaired) electrons. The van der Waals surface area contributed by atoms with E-state index < -0.39 is 29.4 Å². The minimum atomic E-state index is -6.56. The summed E-state index contributed by atoms with van der Waals surface area (Å²) in [5.74, 6) is -15.6. The Hall–Kier alpha value is -0.530. The van der Waals surface area contributed by atoms with Gasteiger partial charge in [-0.1, -0.05) is 11.6 Å². The predicted octanol–water partition coefficient (Wildman–Crippen LogP) is 3.87. The molecule has 0 aliphatic heterocycles. The first-order valence-corrected chi connectivity index (χ1v) is 3.21. The van der Waals surface area contributed by atoms with Crippen molar-refractivity contribution in [2.24, 2.45) is 0 Å². The predicted molar refractivity (Wildman–Crippen MR) is 31.0 cm³/mol. The van der Waals surface area contributed by atoms with E-state index in [0.29, 0.717) is 0 Å². The lowest BCUT2D eigenvalue weighted by Gasteiger charge is -2.26. The van der Waals surface area contributed by atoms with Gasteiger partial charge in [0.1, 0.15) is 0 Å². The van der Waals surface area contributed by atoms with Crippen molar-refractivity contribution < 1.29 is 35.1 Å². The Kier molecular flexibility index (Phi) is 3.42. The van der Waals surface area contributed by atoms with E-state index in [9.17, 15) is 35.1 Å². The van der Waals surface area contributed by atoms with Gasteiger partial charge in [-0.05, 0) is 0 Å². The number of hydrogen-bond donors (Lipinski definition) is 0. The highest BCUT2D eigenvalue weighted by atomic mass is 35.5. The molecule has 0 saturated heterocycles. The molecule has 0 N–H and O–H groups in total. The Balaban J connectivity index is 5.29. The lowest BCUT2D eigenvalue weighted by atomic mass is 10.1. The summed E-state index contributed by atoms with van der Waals surface area (Å²) in [5, 5.41) is 0. The summed E-state index contributed by atoms with van der Waals surface area (Å²) in [4.78, 5) is 0. The van der Waals surface area contributed by atoms with Gasteiger partial charge < -0.3 is 0 Å². The fourth-order valence-corrected chi connectivity index (χ4v) is 0.534. The summed E-state index contributed by atoms with van der Waals surface area (Å²) in [5.41, 5.74) is -0.681.